The Bertz CT molecular complexity index is 2430. The highest BCUT2D eigenvalue weighted by Gasteiger charge is 2.20. The molecule has 4 heterocycles. The van der Waals surface area contributed by atoms with Crippen molar-refractivity contribution in [2.75, 3.05) is 0 Å². The molecule has 0 saturated carbocycles. The predicted octanol–water partition coefficient (Wildman–Crippen LogP) is 8.95. The van der Waals surface area contributed by atoms with Crippen molar-refractivity contribution in [3.63, 3.8) is 0 Å². The molecule has 5 aromatic carbocycles. The fraction of sp³-hybridized carbons (Fsp3) is 0. The van der Waals surface area contributed by atoms with Crippen LogP contribution in [0.5, 0.6) is 0 Å². The summed E-state index contributed by atoms with van der Waals surface area (Å²) in [7, 11) is 0. The molecule has 0 unspecified atom stereocenters. The van der Waals surface area contributed by atoms with E-state index in [0.29, 0.717) is 0 Å². The van der Waals surface area contributed by atoms with Crippen molar-refractivity contribution >= 4 is 60.2 Å². The third-order valence-electron chi connectivity index (χ3n) is 8.14. The van der Waals surface area contributed by atoms with Crippen LogP contribution in [0.1, 0.15) is 0 Å². The molecule has 0 saturated heterocycles. The van der Waals surface area contributed by atoms with E-state index in [2.05, 4.69) is 136 Å². The van der Waals surface area contributed by atoms with Gasteiger partial charge in [-0.25, -0.2) is 9.97 Å². The number of nitrogens with zero attached hydrogens (tertiary/aromatic N) is 4. The predicted molar refractivity (Wildman–Crippen MR) is 165 cm³/mol. The molecule has 0 radical (unpaired) electrons. The molecule has 4 aromatic heterocycles. The lowest BCUT2D eigenvalue weighted by atomic mass is 10.0. The van der Waals surface area contributed by atoms with Crippen molar-refractivity contribution in [3.05, 3.63) is 134 Å². The Morgan fingerprint density at radius 2 is 1.15 bits per heavy atom. The summed E-state index contributed by atoms with van der Waals surface area (Å²) in [6, 6.07) is 45.0. The largest absolute Gasteiger partial charge is 0.294 e. The Labute approximate surface area is 229 Å². The van der Waals surface area contributed by atoms with E-state index < -0.39 is 0 Å². The van der Waals surface area contributed by atoms with Gasteiger partial charge in [-0.3, -0.25) is 8.97 Å². The molecule has 40 heavy (non-hydrogen) atoms. The average molecular weight is 511 g/mol. The minimum absolute atomic E-state index is 0.908. The van der Waals surface area contributed by atoms with Gasteiger partial charge in [-0.15, -0.1) is 0 Å². The van der Waals surface area contributed by atoms with E-state index in [1.165, 1.54) is 27.1 Å². The highest BCUT2D eigenvalue weighted by Crippen LogP contribution is 2.41. The smallest absolute Gasteiger partial charge is 0.146 e. The first-order chi connectivity index (χ1) is 19.9. The van der Waals surface area contributed by atoms with Gasteiger partial charge in [0.25, 0.3) is 0 Å². The maximum atomic E-state index is 5.07. The van der Waals surface area contributed by atoms with Gasteiger partial charge >= 0.3 is 0 Å². The fourth-order valence-electron chi connectivity index (χ4n) is 6.45. The van der Waals surface area contributed by atoms with E-state index >= 15 is 0 Å². The quantitative estimate of drug-likeness (QED) is 0.218. The van der Waals surface area contributed by atoms with Gasteiger partial charge in [0.2, 0.25) is 0 Å². The number of imidazole rings is 1. The lowest BCUT2D eigenvalue weighted by molar-refractivity contribution is 1.08. The SMILES string of the molecule is c1ccc(-c2ccnc(-n3c4ccccc4c4c5c6ccccc6c6nc7ccccc7n6c5ccc43)c2)cc1. The van der Waals surface area contributed by atoms with E-state index in [-0.39, 0.29) is 0 Å². The fourth-order valence-corrected chi connectivity index (χ4v) is 6.45. The molecule has 4 nitrogen and oxygen atoms in total. The zero-order valence-corrected chi connectivity index (χ0v) is 21.5. The van der Waals surface area contributed by atoms with Crippen LogP contribution in [0.3, 0.4) is 0 Å². The number of para-hydroxylation sites is 3. The van der Waals surface area contributed by atoms with Crippen molar-refractivity contribution < 1.29 is 0 Å². The topological polar surface area (TPSA) is 35.1 Å². The molecule has 9 aromatic rings. The summed E-state index contributed by atoms with van der Waals surface area (Å²) < 4.78 is 4.63. The van der Waals surface area contributed by atoms with Crippen LogP contribution in [0.15, 0.2) is 134 Å². The number of hydrogen-bond donors (Lipinski definition) is 0. The Kier molecular flexibility index (Phi) is 4.30. The van der Waals surface area contributed by atoms with Crippen LogP contribution in [0.4, 0.5) is 0 Å². The first-order valence-corrected chi connectivity index (χ1v) is 13.5. The minimum Gasteiger partial charge on any atom is -0.294 e. The molecule has 0 amide bonds. The van der Waals surface area contributed by atoms with E-state index in [1.54, 1.807) is 0 Å². The van der Waals surface area contributed by atoms with E-state index in [4.69, 9.17) is 9.97 Å². The van der Waals surface area contributed by atoms with Crippen molar-refractivity contribution in [2.45, 2.75) is 0 Å². The molecular weight excluding hydrogens is 488 g/mol. The van der Waals surface area contributed by atoms with Crippen LogP contribution in [0.2, 0.25) is 0 Å². The van der Waals surface area contributed by atoms with Gasteiger partial charge in [-0.1, -0.05) is 84.9 Å². The van der Waals surface area contributed by atoms with Gasteiger partial charge in [0.1, 0.15) is 11.5 Å². The van der Waals surface area contributed by atoms with Crippen molar-refractivity contribution in [2.24, 2.45) is 0 Å². The molecule has 0 fully saturated rings. The Morgan fingerprint density at radius 3 is 2.02 bits per heavy atom. The van der Waals surface area contributed by atoms with Gasteiger partial charge in [0.15, 0.2) is 0 Å². The molecule has 0 bridgehead atoms. The summed E-state index contributed by atoms with van der Waals surface area (Å²) in [6.45, 7) is 0. The molecule has 9 rings (SSSR count). The Hall–Kier alpha value is -5.48. The third kappa shape index (κ3) is 2.85. The van der Waals surface area contributed by atoms with Crippen LogP contribution in [-0.4, -0.2) is 18.9 Å². The average Bonchev–Trinajstić information content (AvgIpc) is 3.58. The normalized spacial score (nSPS) is 12.0. The molecule has 4 heteroatoms. The van der Waals surface area contributed by atoms with Crippen LogP contribution in [0.25, 0.3) is 77.1 Å². The van der Waals surface area contributed by atoms with Crippen molar-refractivity contribution in [1.29, 1.82) is 0 Å². The molecule has 0 spiro atoms. The van der Waals surface area contributed by atoms with Crippen molar-refractivity contribution in [1.82, 2.24) is 18.9 Å². The third-order valence-corrected chi connectivity index (χ3v) is 8.14. The van der Waals surface area contributed by atoms with Gasteiger partial charge in [-0.2, -0.15) is 0 Å². The Morgan fingerprint density at radius 1 is 0.475 bits per heavy atom. The van der Waals surface area contributed by atoms with Crippen LogP contribution in [-0.2, 0) is 0 Å². The maximum absolute atomic E-state index is 5.07. The van der Waals surface area contributed by atoms with Crippen LogP contribution < -0.4 is 0 Å². The summed E-state index contributed by atoms with van der Waals surface area (Å²) in [6.07, 6.45) is 1.91. The monoisotopic (exact) mass is 510 g/mol. The number of hydrogen-bond acceptors (Lipinski definition) is 2. The molecule has 0 aliphatic carbocycles. The van der Waals surface area contributed by atoms with E-state index in [9.17, 15) is 0 Å². The van der Waals surface area contributed by atoms with Crippen molar-refractivity contribution in [3.8, 4) is 16.9 Å². The second-order valence-electron chi connectivity index (χ2n) is 10.3. The molecule has 0 aliphatic heterocycles. The standard InChI is InChI=1S/C36H22N4/c1-2-10-23(11-3-1)24-20-21-37-33(22-24)39-29-16-8-6-14-27(29)35-31(39)18-19-32-34(35)25-12-4-5-13-26(25)36-38-28-15-7-9-17-30(28)40(32)36/h1-22H. The maximum Gasteiger partial charge on any atom is 0.146 e. The lowest BCUT2D eigenvalue weighted by Crippen LogP contribution is -1.98. The summed E-state index contributed by atoms with van der Waals surface area (Å²) in [4.78, 5) is 9.96. The first kappa shape index (κ1) is 21.5. The molecule has 0 atom stereocenters. The van der Waals surface area contributed by atoms with Crippen LogP contribution >= 0.6 is 0 Å². The van der Waals surface area contributed by atoms with Crippen LogP contribution in [0, 0.1) is 0 Å². The zero-order chi connectivity index (χ0) is 26.2. The van der Waals surface area contributed by atoms with Gasteiger partial charge in [0, 0.05) is 27.7 Å². The summed E-state index contributed by atoms with van der Waals surface area (Å²) in [5.41, 5.74) is 8.88. The number of fused-ring (bicyclic) bond motifs is 12. The number of pyridine rings is 2. The summed E-state index contributed by atoms with van der Waals surface area (Å²) >= 11 is 0. The highest BCUT2D eigenvalue weighted by atomic mass is 15.1. The first-order valence-electron chi connectivity index (χ1n) is 13.5. The molecule has 0 aliphatic rings. The lowest BCUT2D eigenvalue weighted by Gasteiger charge is -2.12. The van der Waals surface area contributed by atoms with Gasteiger partial charge < -0.3 is 0 Å². The highest BCUT2D eigenvalue weighted by molar-refractivity contribution is 6.29. The van der Waals surface area contributed by atoms with E-state index in [1.807, 2.05) is 6.20 Å². The van der Waals surface area contributed by atoms with Gasteiger partial charge in [0.05, 0.1) is 27.6 Å². The molecule has 186 valence electrons. The molecule has 0 N–H and O–H groups in total. The number of rotatable bonds is 2. The second-order valence-corrected chi connectivity index (χ2v) is 10.3. The summed E-state index contributed by atoms with van der Waals surface area (Å²) in [5.74, 6) is 0.908. The second kappa shape index (κ2) is 8.01. The Balaban J connectivity index is 1.48. The number of benzene rings is 5. The van der Waals surface area contributed by atoms with Gasteiger partial charge in [-0.05, 0) is 59.0 Å². The van der Waals surface area contributed by atoms with E-state index in [0.717, 1.165) is 50.0 Å². The number of aromatic nitrogens is 4. The summed E-state index contributed by atoms with van der Waals surface area (Å²) in [5, 5.41) is 6.04. The zero-order valence-electron chi connectivity index (χ0n) is 21.5. The molecular formula is C36H22N4. The minimum atomic E-state index is 0.908.